The fourth-order valence-corrected chi connectivity index (χ4v) is 3.56. The molecule has 1 N–H and O–H groups in total. The van der Waals surface area contributed by atoms with Gasteiger partial charge >= 0.3 is 0 Å². The van der Waals surface area contributed by atoms with Crippen LogP contribution in [0.2, 0.25) is 5.02 Å². The van der Waals surface area contributed by atoms with Crippen LogP contribution >= 0.6 is 11.6 Å². The van der Waals surface area contributed by atoms with Crippen molar-refractivity contribution in [2.24, 2.45) is 0 Å². The molecule has 7 heteroatoms. The lowest BCUT2D eigenvalue weighted by Crippen LogP contribution is -2.26. The molecule has 1 amide bonds. The predicted octanol–water partition coefficient (Wildman–Crippen LogP) is 4.88. The van der Waals surface area contributed by atoms with Crippen molar-refractivity contribution in [1.82, 2.24) is 14.9 Å². The van der Waals surface area contributed by atoms with Gasteiger partial charge in [0.05, 0.1) is 22.6 Å². The van der Waals surface area contributed by atoms with Gasteiger partial charge in [0.25, 0.3) is 5.91 Å². The number of carbonyl (C=O) groups is 1. The molecule has 1 heterocycles. The number of imidazole rings is 1. The van der Waals surface area contributed by atoms with Gasteiger partial charge < -0.3 is 14.6 Å². The summed E-state index contributed by atoms with van der Waals surface area (Å²) in [5.74, 6) is 0.874. The Morgan fingerprint density at radius 1 is 1.03 bits per heavy atom. The average molecular weight is 438 g/mol. The number of hydrogen-bond donors (Lipinski definition) is 1. The third-order valence-electron chi connectivity index (χ3n) is 4.88. The largest absolute Gasteiger partial charge is 0.490 e. The Labute approximate surface area is 184 Å². The minimum Gasteiger partial charge on any atom is -0.490 e. The third kappa shape index (κ3) is 5.03. The molecule has 4 aromatic rings. The second-order valence-electron chi connectivity index (χ2n) is 6.96. The van der Waals surface area contributed by atoms with E-state index in [-0.39, 0.29) is 11.7 Å². The number of hydrogen-bond acceptors (Lipinski definition) is 3. The maximum atomic E-state index is 13.0. The van der Waals surface area contributed by atoms with Crippen LogP contribution < -0.4 is 10.1 Å². The number of nitrogens with zero attached hydrogens (tertiary/aromatic N) is 2. The van der Waals surface area contributed by atoms with Crippen molar-refractivity contribution in [2.45, 2.75) is 13.0 Å². The Morgan fingerprint density at radius 3 is 2.58 bits per heavy atom. The van der Waals surface area contributed by atoms with Crippen LogP contribution in [0.15, 0.2) is 72.8 Å². The molecule has 0 radical (unpaired) electrons. The van der Waals surface area contributed by atoms with Gasteiger partial charge in [-0.25, -0.2) is 9.37 Å². The van der Waals surface area contributed by atoms with Crippen LogP contribution in [0.3, 0.4) is 0 Å². The summed E-state index contributed by atoms with van der Waals surface area (Å²) in [6, 6.07) is 20.7. The maximum Gasteiger partial charge on any atom is 0.251 e. The number of fused-ring (bicyclic) bond motifs is 1. The van der Waals surface area contributed by atoms with Crippen molar-refractivity contribution in [3.05, 3.63) is 95.0 Å². The lowest BCUT2D eigenvalue weighted by molar-refractivity contribution is 0.0954. The van der Waals surface area contributed by atoms with E-state index in [1.165, 1.54) is 24.3 Å². The van der Waals surface area contributed by atoms with Crippen LogP contribution in [0.1, 0.15) is 16.2 Å². The summed E-state index contributed by atoms with van der Waals surface area (Å²) in [6.07, 6.45) is 0.549. The highest BCUT2D eigenvalue weighted by Gasteiger charge is 2.12. The molecule has 5 nitrogen and oxygen atoms in total. The zero-order chi connectivity index (χ0) is 21.6. The number of para-hydroxylation sites is 3. The number of ether oxygens (including phenoxy) is 1. The number of rotatable bonds is 8. The van der Waals surface area contributed by atoms with Crippen LogP contribution in [-0.2, 0) is 13.0 Å². The van der Waals surface area contributed by atoms with Gasteiger partial charge in [0.15, 0.2) is 0 Å². The molecule has 1 aromatic heterocycles. The summed E-state index contributed by atoms with van der Waals surface area (Å²) in [7, 11) is 0. The third-order valence-corrected chi connectivity index (χ3v) is 5.20. The van der Waals surface area contributed by atoms with Gasteiger partial charge in [-0.1, -0.05) is 35.9 Å². The topological polar surface area (TPSA) is 56.2 Å². The molecule has 0 aliphatic carbocycles. The molecule has 158 valence electrons. The smallest absolute Gasteiger partial charge is 0.251 e. The van der Waals surface area contributed by atoms with E-state index in [0.717, 1.165) is 16.9 Å². The second-order valence-corrected chi connectivity index (χ2v) is 7.37. The van der Waals surface area contributed by atoms with E-state index in [1.807, 2.05) is 42.5 Å². The van der Waals surface area contributed by atoms with Gasteiger partial charge in [-0.15, -0.1) is 0 Å². The molecule has 0 saturated heterocycles. The molecular formula is C24H21ClFN3O2. The molecule has 0 atom stereocenters. The molecular weight excluding hydrogens is 417 g/mol. The lowest BCUT2D eigenvalue weighted by Gasteiger charge is -2.12. The zero-order valence-corrected chi connectivity index (χ0v) is 17.5. The first-order chi connectivity index (χ1) is 15.1. The van der Waals surface area contributed by atoms with Gasteiger partial charge in [-0.05, 0) is 48.5 Å². The van der Waals surface area contributed by atoms with Gasteiger partial charge in [0.2, 0.25) is 0 Å². The fourth-order valence-electron chi connectivity index (χ4n) is 3.37. The van der Waals surface area contributed by atoms with Crippen molar-refractivity contribution < 1.29 is 13.9 Å². The lowest BCUT2D eigenvalue weighted by atomic mass is 10.2. The first kappa shape index (κ1) is 20.9. The Morgan fingerprint density at radius 2 is 1.77 bits per heavy atom. The second kappa shape index (κ2) is 9.62. The van der Waals surface area contributed by atoms with Gasteiger partial charge in [0, 0.05) is 18.5 Å². The summed E-state index contributed by atoms with van der Waals surface area (Å²) in [4.78, 5) is 17.0. The quantitative estimate of drug-likeness (QED) is 0.427. The highest BCUT2D eigenvalue weighted by molar-refractivity contribution is 6.32. The number of amides is 1. The van der Waals surface area contributed by atoms with E-state index >= 15 is 0 Å². The van der Waals surface area contributed by atoms with E-state index in [2.05, 4.69) is 9.88 Å². The molecule has 0 spiro atoms. The van der Waals surface area contributed by atoms with Gasteiger partial charge in [-0.3, -0.25) is 4.79 Å². The summed E-state index contributed by atoms with van der Waals surface area (Å²) in [5, 5.41) is 3.44. The van der Waals surface area contributed by atoms with E-state index in [0.29, 0.717) is 42.5 Å². The summed E-state index contributed by atoms with van der Waals surface area (Å²) in [5.41, 5.74) is 2.31. The summed E-state index contributed by atoms with van der Waals surface area (Å²) in [6.45, 7) is 1.43. The molecule has 0 bridgehead atoms. The van der Waals surface area contributed by atoms with Crippen LogP contribution in [0.25, 0.3) is 11.0 Å². The number of nitrogens with one attached hydrogen (secondary N) is 1. The number of aromatic nitrogens is 2. The van der Waals surface area contributed by atoms with Crippen molar-refractivity contribution in [2.75, 3.05) is 13.2 Å². The molecule has 31 heavy (non-hydrogen) atoms. The first-order valence-corrected chi connectivity index (χ1v) is 10.3. The molecule has 0 fully saturated rings. The Balaban J connectivity index is 1.42. The minimum absolute atomic E-state index is 0.246. The van der Waals surface area contributed by atoms with Crippen LogP contribution in [0.4, 0.5) is 4.39 Å². The molecule has 0 saturated carbocycles. The molecule has 4 rings (SSSR count). The maximum absolute atomic E-state index is 13.0. The SMILES string of the molecule is O=C(NCCc1nc2ccccc2n1CCOc1ccccc1Cl)c1ccc(F)cc1. The van der Waals surface area contributed by atoms with E-state index < -0.39 is 0 Å². The molecule has 0 aliphatic heterocycles. The zero-order valence-electron chi connectivity index (χ0n) is 16.7. The number of benzene rings is 3. The number of carbonyl (C=O) groups excluding carboxylic acids is 1. The Bertz CT molecular complexity index is 1190. The predicted molar refractivity (Wildman–Crippen MR) is 119 cm³/mol. The number of halogens is 2. The van der Waals surface area contributed by atoms with Crippen molar-refractivity contribution >= 4 is 28.5 Å². The van der Waals surface area contributed by atoms with Crippen LogP contribution in [0.5, 0.6) is 5.75 Å². The van der Waals surface area contributed by atoms with E-state index in [9.17, 15) is 9.18 Å². The standard InChI is InChI=1S/C24H21ClFN3O2/c25-19-5-1-4-8-22(19)31-16-15-29-21-7-3-2-6-20(21)28-23(29)13-14-27-24(30)17-9-11-18(26)12-10-17/h1-12H,13-16H2,(H,27,30). The van der Waals surface area contributed by atoms with Crippen molar-refractivity contribution in [1.29, 1.82) is 0 Å². The first-order valence-electron chi connectivity index (χ1n) is 9.97. The molecule has 0 unspecified atom stereocenters. The summed E-state index contributed by atoms with van der Waals surface area (Å²) >= 11 is 6.16. The van der Waals surface area contributed by atoms with Crippen LogP contribution in [0, 0.1) is 5.82 Å². The van der Waals surface area contributed by atoms with E-state index in [4.69, 9.17) is 21.3 Å². The van der Waals surface area contributed by atoms with E-state index in [1.54, 1.807) is 6.07 Å². The highest BCUT2D eigenvalue weighted by atomic mass is 35.5. The van der Waals surface area contributed by atoms with Gasteiger partial charge in [-0.2, -0.15) is 0 Å². The van der Waals surface area contributed by atoms with Gasteiger partial charge in [0.1, 0.15) is 24.0 Å². The Kier molecular flexibility index (Phi) is 6.48. The normalized spacial score (nSPS) is 10.9. The molecule has 0 aliphatic rings. The van der Waals surface area contributed by atoms with Crippen molar-refractivity contribution in [3.63, 3.8) is 0 Å². The molecule has 3 aromatic carbocycles. The summed E-state index contributed by atoms with van der Waals surface area (Å²) < 4.78 is 21.0. The highest BCUT2D eigenvalue weighted by Crippen LogP contribution is 2.23. The van der Waals surface area contributed by atoms with Crippen molar-refractivity contribution in [3.8, 4) is 5.75 Å². The monoisotopic (exact) mass is 437 g/mol. The minimum atomic E-state index is -0.371. The van der Waals surface area contributed by atoms with Crippen LogP contribution in [-0.4, -0.2) is 28.6 Å². The fraction of sp³-hybridized carbons (Fsp3) is 0.167. The average Bonchev–Trinajstić information content (AvgIpc) is 3.13. The Hall–Kier alpha value is -3.38.